The van der Waals surface area contributed by atoms with Gasteiger partial charge in [0.1, 0.15) is 0 Å². The molecular weight excluding hydrogens is 881 g/mol. The third kappa shape index (κ3) is 6.70. The maximum atomic E-state index is 2.56. The summed E-state index contributed by atoms with van der Waals surface area (Å²) >= 11 is 0. The Morgan fingerprint density at radius 2 is 0.740 bits per heavy atom. The van der Waals surface area contributed by atoms with E-state index >= 15 is 0 Å². The molecule has 73 heavy (non-hydrogen) atoms. The van der Waals surface area contributed by atoms with Gasteiger partial charge < -0.3 is 9.80 Å². The highest BCUT2D eigenvalue weighted by Gasteiger charge is 2.37. The van der Waals surface area contributed by atoms with Crippen molar-refractivity contribution in [2.45, 2.75) is 44.9 Å². The Bertz CT molecular complexity index is 4150. The van der Waals surface area contributed by atoms with Crippen molar-refractivity contribution >= 4 is 100 Å². The van der Waals surface area contributed by atoms with Crippen LogP contribution in [0.1, 0.15) is 58.4 Å². The summed E-state index contributed by atoms with van der Waals surface area (Å²) in [5, 5.41) is 12.7. The van der Waals surface area contributed by atoms with Gasteiger partial charge in [-0.25, -0.2) is 0 Å². The number of aryl methyl sites for hydroxylation is 4. The van der Waals surface area contributed by atoms with Gasteiger partial charge in [0.2, 0.25) is 0 Å². The molecule has 12 aromatic carbocycles. The lowest BCUT2D eigenvalue weighted by atomic mass is 9.81. The van der Waals surface area contributed by atoms with Gasteiger partial charge in [0, 0.05) is 39.2 Å². The van der Waals surface area contributed by atoms with Crippen molar-refractivity contribution in [1.29, 1.82) is 0 Å². The zero-order valence-electron chi connectivity index (χ0n) is 41.2. The van der Waals surface area contributed by atoms with Crippen LogP contribution >= 0.6 is 0 Å². The maximum Gasteiger partial charge on any atom is 0.0540 e. The normalized spacial score (nSPS) is 14.5. The van der Waals surface area contributed by atoms with Gasteiger partial charge in [0.05, 0.1) is 5.69 Å². The largest absolute Gasteiger partial charge is 0.310 e. The van der Waals surface area contributed by atoms with Crippen LogP contribution in [0.4, 0.5) is 34.1 Å². The fourth-order valence-corrected chi connectivity index (χ4v) is 12.9. The number of nitrogens with zero attached hydrogens (tertiary/aromatic N) is 2. The minimum atomic E-state index is -0.209. The van der Waals surface area contributed by atoms with Crippen LogP contribution in [0, 0.1) is 0 Å². The summed E-state index contributed by atoms with van der Waals surface area (Å²) in [6.07, 6.45) is 8.62. The second kappa shape index (κ2) is 16.2. The van der Waals surface area contributed by atoms with Crippen LogP contribution in [0.5, 0.6) is 0 Å². The fourth-order valence-electron chi connectivity index (χ4n) is 12.9. The molecule has 3 aliphatic rings. The zero-order valence-corrected chi connectivity index (χ0v) is 41.2. The van der Waals surface area contributed by atoms with Crippen LogP contribution in [0.25, 0.3) is 77.1 Å². The molecule has 15 rings (SSSR count). The molecule has 0 bridgehead atoms. The molecule has 0 saturated heterocycles. The zero-order chi connectivity index (χ0) is 48.4. The van der Waals surface area contributed by atoms with E-state index in [1.54, 1.807) is 0 Å². The highest BCUT2D eigenvalue weighted by atomic mass is 15.2. The van der Waals surface area contributed by atoms with Crippen LogP contribution in [0.3, 0.4) is 0 Å². The molecule has 12 aromatic rings. The molecule has 0 spiro atoms. The van der Waals surface area contributed by atoms with E-state index in [1.807, 2.05) is 0 Å². The first kappa shape index (κ1) is 42.0. The SMILES string of the molecule is CC1(C)c2cc(C=Cc3cccc4c(N5c6cc7ccccc7cc6CCc6cc7ccccc7cc65)cccc34)ccc2-c2ccc(N3c4cc5ccccc5cc4CCc4cc5ccccc5cc43)cc21. The Hall–Kier alpha value is -8.72. The molecule has 0 atom stereocenters. The van der Waals surface area contributed by atoms with E-state index in [0.717, 1.165) is 25.7 Å². The van der Waals surface area contributed by atoms with Gasteiger partial charge in [-0.2, -0.15) is 0 Å². The molecule has 2 heterocycles. The molecule has 0 unspecified atom stereocenters. The summed E-state index contributed by atoms with van der Waals surface area (Å²) in [5.74, 6) is 0. The number of anilines is 6. The first-order valence-corrected chi connectivity index (χ1v) is 26.1. The second-order valence-electron chi connectivity index (χ2n) is 21.2. The van der Waals surface area contributed by atoms with Crippen molar-refractivity contribution in [3.63, 3.8) is 0 Å². The fraction of sp³-hybridized carbons (Fsp3) is 0.0986. The van der Waals surface area contributed by atoms with Gasteiger partial charge in [-0.15, -0.1) is 0 Å². The molecule has 0 amide bonds. The lowest BCUT2D eigenvalue weighted by Crippen LogP contribution is -2.17. The Balaban J connectivity index is 0.809. The van der Waals surface area contributed by atoms with Gasteiger partial charge in [0.25, 0.3) is 0 Å². The van der Waals surface area contributed by atoms with E-state index in [2.05, 4.69) is 254 Å². The molecule has 2 heteroatoms. The second-order valence-corrected chi connectivity index (χ2v) is 21.2. The Labute approximate surface area is 426 Å². The van der Waals surface area contributed by atoms with Gasteiger partial charge in [-0.1, -0.05) is 178 Å². The lowest BCUT2D eigenvalue weighted by molar-refractivity contribution is 0.660. The maximum absolute atomic E-state index is 2.56. The molecule has 346 valence electrons. The summed E-state index contributed by atoms with van der Waals surface area (Å²) in [5.41, 5.74) is 20.6. The molecule has 2 nitrogen and oxygen atoms in total. The number of hydrogen-bond donors (Lipinski definition) is 0. The molecule has 0 fully saturated rings. The molecule has 0 N–H and O–H groups in total. The predicted molar refractivity (Wildman–Crippen MR) is 311 cm³/mol. The van der Waals surface area contributed by atoms with Gasteiger partial charge in [-0.05, 0) is 197 Å². The molecule has 0 saturated carbocycles. The van der Waals surface area contributed by atoms with E-state index in [1.165, 1.54) is 144 Å². The Kier molecular flexibility index (Phi) is 9.29. The lowest BCUT2D eigenvalue weighted by Gasteiger charge is -2.30. The minimum absolute atomic E-state index is 0.209. The predicted octanol–water partition coefficient (Wildman–Crippen LogP) is 19.1. The average Bonchev–Trinajstić information content (AvgIpc) is 3.51. The van der Waals surface area contributed by atoms with Crippen LogP contribution < -0.4 is 9.80 Å². The van der Waals surface area contributed by atoms with Gasteiger partial charge >= 0.3 is 0 Å². The van der Waals surface area contributed by atoms with Crippen LogP contribution in [0.15, 0.2) is 218 Å². The van der Waals surface area contributed by atoms with Crippen LogP contribution in [-0.2, 0) is 31.1 Å². The van der Waals surface area contributed by atoms with Crippen LogP contribution in [0.2, 0.25) is 0 Å². The van der Waals surface area contributed by atoms with Gasteiger partial charge in [0.15, 0.2) is 0 Å². The first-order chi connectivity index (χ1) is 35.9. The topological polar surface area (TPSA) is 6.48 Å². The minimum Gasteiger partial charge on any atom is -0.310 e. The van der Waals surface area contributed by atoms with Crippen molar-refractivity contribution in [3.05, 3.63) is 263 Å². The molecule has 2 aliphatic heterocycles. The number of benzene rings is 12. The highest BCUT2D eigenvalue weighted by Crippen LogP contribution is 2.53. The van der Waals surface area contributed by atoms with Crippen molar-refractivity contribution < 1.29 is 0 Å². The number of rotatable bonds is 4. The van der Waals surface area contributed by atoms with Crippen LogP contribution in [-0.4, -0.2) is 0 Å². The molecule has 1 aliphatic carbocycles. The summed E-state index contributed by atoms with van der Waals surface area (Å²) < 4.78 is 0. The highest BCUT2D eigenvalue weighted by molar-refractivity contribution is 6.06. The van der Waals surface area contributed by atoms with E-state index < -0.39 is 0 Å². The van der Waals surface area contributed by atoms with Crippen molar-refractivity contribution in [2.75, 3.05) is 9.80 Å². The van der Waals surface area contributed by atoms with Crippen molar-refractivity contribution in [2.24, 2.45) is 0 Å². The first-order valence-electron chi connectivity index (χ1n) is 26.1. The Morgan fingerprint density at radius 1 is 0.329 bits per heavy atom. The van der Waals surface area contributed by atoms with E-state index in [-0.39, 0.29) is 5.41 Å². The number of hydrogen-bond acceptors (Lipinski definition) is 2. The quantitative estimate of drug-likeness (QED) is 0.162. The summed E-state index contributed by atoms with van der Waals surface area (Å²) in [6.45, 7) is 4.83. The molecule has 0 aromatic heterocycles. The molecular formula is C71H52N2. The standard InChI is InChI=1S/C71H52N2/c1-71(2)64-35-45(26-33-61(64)62-34-32-59(44-65(62)71)72-67-40-51-17-7-3-13-47(51)36-55(67)28-29-56-37-48-14-4-8-18-52(48)41-68(56)72)25-27-46-21-11-23-63-60(46)22-12-24-66(63)73-69-42-53-19-9-5-15-49(53)38-57(69)30-31-58-39-50-16-6-10-20-54(50)43-70(58)73/h3-27,32-44H,28-31H2,1-2H3. The molecule has 0 radical (unpaired) electrons. The Morgan fingerprint density at radius 3 is 1.23 bits per heavy atom. The summed E-state index contributed by atoms with van der Waals surface area (Å²) in [4.78, 5) is 5.13. The summed E-state index contributed by atoms with van der Waals surface area (Å²) in [6, 6.07) is 82.7. The van der Waals surface area contributed by atoms with E-state index in [0.29, 0.717) is 0 Å². The monoisotopic (exact) mass is 932 g/mol. The smallest absolute Gasteiger partial charge is 0.0540 e. The summed E-state index contributed by atoms with van der Waals surface area (Å²) in [7, 11) is 0. The van der Waals surface area contributed by atoms with Gasteiger partial charge in [-0.3, -0.25) is 0 Å². The number of fused-ring (bicyclic) bond motifs is 12. The van der Waals surface area contributed by atoms with Crippen molar-refractivity contribution in [3.8, 4) is 11.1 Å². The third-order valence-electron chi connectivity index (χ3n) is 16.6. The van der Waals surface area contributed by atoms with Crippen molar-refractivity contribution in [1.82, 2.24) is 0 Å². The third-order valence-corrected chi connectivity index (χ3v) is 16.6. The van der Waals surface area contributed by atoms with E-state index in [9.17, 15) is 0 Å². The average molecular weight is 933 g/mol. The van der Waals surface area contributed by atoms with E-state index in [4.69, 9.17) is 0 Å².